The Balaban J connectivity index is 1.39. The molecule has 242 valence electrons. The summed E-state index contributed by atoms with van der Waals surface area (Å²) in [6.07, 6.45) is -1.02. The second-order valence-corrected chi connectivity index (χ2v) is 11.6. The molecule has 0 bridgehead atoms. The van der Waals surface area contributed by atoms with E-state index in [2.05, 4.69) is 0 Å². The highest BCUT2D eigenvalue weighted by Crippen LogP contribution is 2.46. The van der Waals surface area contributed by atoms with Gasteiger partial charge >= 0.3 is 0 Å². The summed E-state index contributed by atoms with van der Waals surface area (Å²) in [7, 11) is 0. The molecule has 0 spiro atoms. The fourth-order valence-electron chi connectivity index (χ4n) is 6.77. The highest BCUT2D eigenvalue weighted by atomic mass is 16.3. The van der Waals surface area contributed by atoms with Crippen LogP contribution in [0.5, 0.6) is 0 Å². The molecular formula is C51H32O. The van der Waals surface area contributed by atoms with E-state index >= 15 is 0 Å². The molecular weight excluding hydrogens is 629 g/mol. The van der Waals surface area contributed by atoms with Gasteiger partial charge in [-0.2, -0.15) is 0 Å². The lowest BCUT2D eigenvalue weighted by molar-refractivity contribution is 0.673. The Labute approximate surface area is 343 Å². The molecule has 0 amide bonds. The van der Waals surface area contributed by atoms with Crippen molar-refractivity contribution in [3.8, 4) is 22.3 Å². The average molecular weight is 691 g/mol. The lowest BCUT2D eigenvalue weighted by Gasteiger charge is -2.19. The molecule has 0 aliphatic carbocycles. The second kappa shape index (κ2) is 11.4. The Bertz CT molecular complexity index is 4860. The van der Waals surface area contributed by atoms with E-state index in [1.807, 2.05) is 0 Å². The molecule has 1 aromatic heterocycles. The highest BCUT2D eigenvalue weighted by Gasteiger charge is 2.21. The number of hydrogen-bond acceptors (Lipinski definition) is 1. The van der Waals surface area contributed by atoms with Crippen LogP contribution in [-0.4, -0.2) is 0 Å². The maximum absolute atomic E-state index is 9.77. The van der Waals surface area contributed by atoms with Gasteiger partial charge in [-0.1, -0.05) is 169 Å². The van der Waals surface area contributed by atoms with Crippen molar-refractivity contribution >= 4 is 75.8 Å². The van der Waals surface area contributed by atoms with Gasteiger partial charge in [-0.15, -0.1) is 0 Å². The molecule has 0 N–H and O–H groups in total. The molecule has 1 heteroatoms. The third kappa shape index (κ3) is 4.30. The lowest BCUT2D eigenvalue weighted by atomic mass is 9.84. The fraction of sp³-hybridized carbons (Fsp3) is 0.0196. The topological polar surface area (TPSA) is 13.1 Å². The van der Waals surface area contributed by atoms with Crippen LogP contribution in [0.25, 0.3) is 98.1 Å². The normalized spacial score (nSPS) is 20.0. The minimum atomic E-state index is -1.02. The van der Waals surface area contributed by atoms with Gasteiger partial charge in [0.1, 0.15) is 11.2 Å². The van der Waals surface area contributed by atoms with Crippen molar-refractivity contribution in [1.82, 2.24) is 0 Å². The number of hydrogen-bond donors (Lipinski definition) is 0. The van der Waals surface area contributed by atoms with Crippen LogP contribution in [-0.2, 0) is 6.42 Å². The van der Waals surface area contributed by atoms with E-state index in [1.54, 1.807) is 0 Å². The zero-order chi connectivity index (χ0) is 60.3. The Hall–Kier alpha value is -6.70. The molecule has 0 saturated carbocycles. The van der Waals surface area contributed by atoms with E-state index in [9.17, 15) is 13.7 Å². The largest absolute Gasteiger partial charge is 0.455 e. The summed E-state index contributed by atoms with van der Waals surface area (Å²) in [6.45, 7) is 0. The first-order valence-electron chi connectivity index (χ1n) is 30.6. The molecule has 0 atom stereocenters. The monoisotopic (exact) mass is 690 g/mol. The van der Waals surface area contributed by atoms with Crippen molar-refractivity contribution < 1.29 is 45.5 Å². The van der Waals surface area contributed by atoms with Crippen molar-refractivity contribution in [2.24, 2.45) is 0 Å². The summed E-state index contributed by atoms with van der Waals surface area (Å²) in [4.78, 5) is 0. The van der Waals surface area contributed by atoms with Gasteiger partial charge in [0.25, 0.3) is 0 Å². The minimum absolute atomic E-state index is 0.461. The van der Waals surface area contributed by atoms with Gasteiger partial charge in [-0.25, -0.2) is 0 Å². The quantitative estimate of drug-likeness (QED) is 0.168. The van der Waals surface area contributed by atoms with Gasteiger partial charge in [-0.05, 0) is 100 Å². The van der Waals surface area contributed by atoms with Crippen LogP contribution in [0.2, 0.25) is 0 Å². The molecule has 0 saturated heterocycles. The molecule has 1 nitrogen and oxygen atoms in total. The molecule has 10 aromatic carbocycles. The number of benzene rings is 10. The van der Waals surface area contributed by atoms with Gasteiger partial charge in [0.2, 0.25) is 0 Å². The molecule has 52 heavy (non-hydrogen) atoms. The highest BCUT2D eigenvalue weighted by molar-refractivity contribution is 6.24. The first kappa shape index (κ1) is 12.2. The molecule has 0 fully saturated rings. The number of fused-ring (bicyclic) bond motifs is 9. The average Bonchev–Trinajstić information content (AvgIpc) is 1.25. The summed E-state index contributed by atoms with van der Waals surface area (Å²) in [5, 5.41) is -7.07. The lowest BCUT2D eigenvalue weighted by Crippen LogP contribution is -1.97. The fourth-order valence-corrected chi connectivity index (χ4v) is 6.77. The van der Waals surface area contributed by atoms with Crippen molar-refractivity contribution in [2.75, 3.05) is 0 Å². The van der Waals surface area contributed by atoms with Crippen LogP contribution in [0.4, 0.5) is 0 Å². The third-order valence-corrected chi connectivity index (χ3v) is 8.97. The van der Waals surface area contributed by atoms with E-state index < -0.39 is 297 Å². The molecule has 1 heterocycles. The SMILES string of the molecule is [2H]c1c([2H])c(-c2c3c([2H])c([2H])c([2H])c([2H])c3c(Cc3c([2H])c([2H])c(-c4c([2H])c([2H])c([2H])c5c([2H])c([2H])c([2H])c([2H])c45)c4c([2H])c([2H])c([2H])c([2H])c34)c3c([2H])c([2H])c([2H])c([2H])c23)c2c(oc3c4c([2H])c([2H])c([2H])c([2H])c4c([2H])c([2H])c32)c1[2H]. The van der Waals surface area contributed by atoms with Gasteiger partial charge < -0.3 is 4.42 Å². The molecule has 0 aliphatic heterocycles. The Morgan fingerprint density at radius 3 is 1.65 bits per heavy atom. The minimum Gasteiger partial charge on any atom is -0.455 e. The van der Waals surface area contributed by atoms with Crippen molar-refractivity contribution in [2.45, 2.75) is 6.42 Å². The van der Waals surface area contributed by atoms with Crippen LogP contribution in [0.3, 0.4) is 0 Å². The first-order valence-corrected chi connectivity index (χ1v) is 15.6. The van der Waals surface area contributed by atoms with Gasteiger partial charge in [-0.3, -0.25) is 0 Å². The summed E-state index contributed by atoms with van der Waals surface area (Å²) >= 11 is 0. The zero-order valence-corrected chi connectivity index (χ0v) is 26.1. The number of rotatable bonds is 4. The smallest absolute Gasteiger partial charge is 0.143 e. The van der Waals surface area contributed by atoms with Crippen LogP contribution in [0.1, 0.15) is 52.2 Å². The molecule has 0 aliphatic rings. The molecule has 0 radical (unpaired) electrons. The predicted molar refractivity (Wildman–Crippen MR) is 221 cm³/mol. The molecule has 0 unspecified atom stereocenters. The van der Waals surface area contributed by atoms with Gasteiger partial charge in [0.05, 0.1) is 41.1 Å². The van der Waals surface area contributed by atoms with Crippen LogP contribution < -0.4 is 0 Å². The Kier molecular flexibility index (Phi) is 2.68. The summed E-state index contributed by atoms with van der Waals surface area (Å²) in [5.74, 6) is 0. The van der Waals surface area contributed by atoms with Crippen molar-refractivity contribution in [1.29, 1.82) is 0 Å². The van der Waals surface area contributed by atoms with Crippen molar-refractivity contribution in [3.63, 3.8) is 0 Å². The van der Waals surface area contributed by atoms with E-state index in [0.29, 0.717) is 0 Å². The number of furan rings is 1. The predicted octanol–water partition coefficient (Wildman–Crippen LogP) is 14.3. The van der Waals surface area contributed by atoms with Gasteiger partial charge in [0, 0.05) is 16.2 Å². The first-order chi connectivity index (χ1) is 38.3. The maximum Gasteiger partial charge on any atom is 0.143 e. The van der Waals surface area contributed by atoms with E-state index in [-0.39, 0.29) is 0 Å². The van der Waals surface area contributed by atoms with Gasteiger partial charge in [0.15, 0.2) is 0 Å². The Morgan fingerprint density at radius 2 is 0.904 bits per heavy atom. The van der Waals surface area contributed by atoms with E-state index in [1.165, 1.54) is 0 Å². The van der Waals surface area contributed by atoms with Crippen molar-refractivity contribution in [3.05, 3.63) is 192 Å². The Morgan fingerprint density at radius 1 is 0.365 bits per heavy atom. The summed E-state index contributed by atoms with van der Waals surface area (Å²) < 4.78 is 278. The second-order valence-electron chi connectivity index (χ2n) is 11.6. The third-order valence-electron chi connectivity index (χ3n) is 8.97. The van der Waals surface area contributed by atoms with E-state index in [4.69, 9.17) is 31.8 Å². The zero-order valence-electron chi connectivity index (χ0n) is 56.1. The van der Waals surface area contributed by atoms with Crippen LogP contribution in [0.15, 0.2) is 186 Å². The standard InChI is InChI=1S/C51H32O/c1-3-16-35-32(13-1)15-11-24-39(35)42-29-28-34(36-17-5-6-19-38(36)42)31-47-40-20-7-9-22-43(40)49(44-23-10-8-21-41(44)47)45-25-12-26-48-50(45)46-30-27-33-14-2-4-18-37(33)51(46)52-48/h1-30H,31H2/i1D,2D,3D,4D,5D,6D,7D,8D,9D,10D,11D,12D,13D,14D,15D,16D,17D,18D,19D,20D,21D,22D,23D,24D,25D,26D,27D,28D,29D,30D. The molecule has 11 aromatic rings. The van der Waals surface area contributed by atoms with Crippen LogP contribution >= 0.6 is 0 Å². The van der Waals surface area contributed by atoms with E-state index in [0.717, 1.165) is 0 Å². The molecule has 11 rings (SSSR count). The maximum atomic E-state index is 9.77. The summed E-state index contributed by atoms with van der Waals surface area (Å²) in [6, 6.07) is -27.0. The van der Waals surface area contributed by atoms with Crippen LogP contribution in [0, 0.1) is 0 Å². The summed E-state index contributed by atoms with van der Waals surface area (Å²) in [5.41, 5.74) is -4.99.